The Kier molecular flexibility index (Phi) is 6.86. The van der Waals surface area contributed by atoms with Crippen LogP contribution in [0, 0.1) is 0 Å². The Labute approximate surface area is 312 Å². The van der Waals surface area contributed by atoms with Crippen LogP contribution in [0.25, 0.3) is 99.4 Å². The number of fused-ring (bicyclic) bond motifs is 7. The summed E-state index contributed by atoms with van der Waals surface area (Å²) in [6.07, 6.45) is 0. The topological polar surface area (TPSA) is 22.8 Å². The van der Waals surface area contributed by atoms with Gasteiger partial charge in [-0.15, -0.1) is 0 Å². The van der Waals surface area contributed by atoms with Crippen LogP contribution in [0.4, 0.5) is 0 Å². The molecule has 0 fully saturated rings. The number of imidazole rings is 1. The molecule has 0 amide bonds. The molecule has 0 aliphatic heterocycles. The van der Waals surface area contributed by atoms with Gasteiger partial charge in [0.25, 0.3) is 0 Å². The van der Waals surface area contributed by atoms with Gasteiger partial charge in [-0.25, -0.2) is 4.98 Å². The van der Waals surface area contributed by atoms with Gasteiger partial charge in [-0.2, -0.15) is 0 Å². The van der Waals surface area contributed by atoms with Crippen LogP contribution in [-0.2, 0) is 0 Å². The van der Waals surface area contributed by atoms with Crippen molar-refractivity contribution >= 4 is 54.4 Å². The average Bonchev–Trinajstić information content (AvgIpc) is 3.80. The minimum absolute atomic E-state index is 0.904. The van der Waals surface area contributed by atoms with Crippen molar-refractivity contribution in [2.24, 2.45) is 0 Å². The molecular weight excluding hydrogens is 655 g/mol. The first-order chi connectivity index (χ1) is 26.8. The van der Waals surface area contributed by atoms with Crippen molar-refractivity contribution < 1.29 is 0 Å². The zero-order valence-electron chi connectivity index (χ0n) is 29.4. The van der Waals surface area contributed by atoms with Crippen LogP contribution in [0.15, 0.2) is 200 Å². The standard InChI is InChI=1S/C51H33N3/c1-3-15-34(16-4-1)35-27-28-45-44-23-11-13-25-48(44)53(50(45)33-35)40-30-37(46-32-36-17-7-8-20-41(36)42-21-9-10-22-43(42)46)29-38(31-40)51-52-47-24-12-14-26-49(47)54(51)39-18-5-2-6-19-39/h1-33H. The van der Waals surface area contributed by atoms with Crippen LogP contribution in [0.1, 0.15) is 0 Å². The summed E-state index contributed by atoms with van der Waals surface area (Å²) >= 11 is 0. The molecule has 2 heterocycles. The van der Waals surface area contributed by atoms with Crippen LogP contribution in [-0.4, -0.2) is 14.1 Å². The number of nitrogens with zero attached hydrogens (tertiary/aromatic N) is 3. The Morgan fingerprint density at radius 3 is 1.78 bits per heavy atom. The van der Waals surface area contributed by atoms with Crippen molar-refractivity contribution in [2.75, 3.05) is 0 Å². The van der Waals surface area contributed by atoms with Crippen LogP contribution in [0.5, 0.6) is 0 Å². The fraction of sp³-hybridized carbons (Fsp3) is 0. The van der Waals surface area contributed by atoms with E-state index >= 15 is 0 Å². The maximum atomic E-state index is 5.36. The van der Waals surface area contributed by atoms with Gasteiger partial charge in [0, 0.05) is 27.7 Å². The van der Waals surface area contributed by atoms with Crippen molar-refractivity contribution in [3.8, 4) is 45.0 Å². The van der Waals surface area contributed by atoms with Gasteiger partial charge < -0.3 is 4.57 Å². The molecule has 0 spiro atoms. The molecule has 3 heteroatoms. The molecule has 0 saturated heterocycles. The van der Waals surface area contributed by atoms with Crippen molar-refractivity contribution in [1.82, 2.24) is 14.1 Å². The third-order valence-corrected chi connectivity index (χ3v) is 10.9. The fourth-order valence-electron chi connectivity index (χ4n) is 8.43. The zero-order chi connectivity index (χ0) is 35.6. The number of benzene rings is 9. The van der Waals surface area contributed by atoms with Gasteiger partial charge in [0.1, 0.15) is 5.82 Å². The predicted molar refractivity (Wildman–Crippen MR) is 227 cm³/mol. The molecule has 0 saturated carbocycles. The molecule has 0 aliphatic carbocycles. The van der Waals surface area contributed by atoms with Crippen molar-refractivity contribution in [2.45, 2.75) is 0 Å². The molecule has 9 aromatic carbocycles. The van der Waals surface area contributed by atoms with Gasteiger partial charge >= 0.3 is 0 Å². The highest BCUT2D eigenvalue weighted by atomic mass is 15.1. The molecule has 252 valence electrons. The third-order valence-electron chi connectivity index (χ3n) is 10.9. The maximum absolute atomic E-state index is 5.36. The van der Waals surface area contributed by atoms with Crippen LogP contribution >= 0.6 is 0 Å². The van der Waals surface area contributed by atoms with Crippen molar-refractivity contribution in [3.63, 3.8) is 0 Å². The van der Waals surface area contributed by atoms with E-state index in [-0.39, 0.29) is 0 Å². The highest BCUT2D eigenvalue weighted by molar-refractivity contribution is 6.14. The number of hydrogen-bond acceptors (Lipinski definition) is 1. The molecule has 0 bridgehead atoms. The fourth-order valence-corrected chi connectivity index (χ4v) is 8.43. The Morgan fingerprint density at radius 1 is 0.315 bits per heavy atom. The third kappa shape index (κ3) is 4.79. The summed E-state index contributed by atoms with van der Waals surface area (Å²) in [4.78, 5) is 5.36. The van der Waals surface area contributed by atoms with E-state index in [4.69, 9.17) is 4.98 Å². The van der Waals surface area contributed by atoms with Gasteiger partial charge in [0.2, 0.25) is 0 Å². The van der Waals surface area contributed by atoms with Crippen LogP contribution < -0.4 is 0 Å². The molecule has 0 radical (unpaired) electrons. The van der Waals surface area contributed by atoms with Gasteiger partial charge in [0.05, 0.1) is 22.1 Å². The van der Waals surface area contributed by atoms with Gasteiger partial charge in [-0.05, 0) is 104 Å². The lowest BCUT2D eigenvalue weighted by Crippen LogP contribution is -2.00. The largest absolute Gasteiger partial charge is 0.309 e. The van der Waals surface area contributed by atoms with E-state index in [0.29, 0.717) is 0 Å². The first-order valence-corrected chi connectivity index (χ1v) is 18.5. The molecule has 54 heavy (non-hydrogen) atoms. The zero-order valence-corrected chi connectivity index (χ0v) is 29.4. The Balaban J connectivity index is 1.26. The van der Waals surface area contributed by atoms with E-state index in [1.165, 1.54) is 60.0 Å². The highest BCUT2D eigenvalue weighted by Gasteiger charge is 2.20. The summed E-state index contributed by atoms with van der Waals surface area (Å²) in [6.45, 7) is 0. The molecule has 0 unspecified atom stereocenters. The smallest absolute Gasteiger partial charge is 0.145 e. The molecule has 2 aromatic heterocycles. The van der Waals surface area contributed by atoms with E-state index in [0.717, 1.165) is 39.4 Å². The number of aromatic nitrogens is 3. The summed E-state index contributed by atoms with van der Waals surface area (Å²) in [6, 6.07) is 72.3. The minimum Gasteiger partial charge on any atom is -0.309 e. The second kappa shape index (κ2) is 12.2. The lowest BCUT2D eigenvalue weighted by atomic mass is 9.92. The van der Waals surface area contributed by atoms with Gasteiger partial charge in [-0.3, -0.25) is 4.57 Å². The Morgan fingerprint density at radius 2 is 0.944 bits per heavy atom. The first-order valence-electron chi connectivity index (χ1n) is 18.5. The minimum atomic E-state index is 0.904. The second-order valence-electron chi connectivity index (χ2n) is 14.0. The number of rotatable bonds is 5. The molecule has 3 nitrogen and oxygen atoms in total. The summed E-state index contributed by atoms with van der Waals surface area (Å²) in [7, 11) is 0. The van der Waals surface area contributed by atoms with Crippen LogP contribution in [0.3, 0.4) is 0 Å². The summed E-state index contributed by atoms with van der Waals surface area (Å²) in [5, 5.41) is 7.41. The van der Waals surface area contributed by atoms with E-state index in [2.05, 4.69) is 209 Å². The second-order valence-corrected chi connectivity index (χ2v) is 14.0. The molecule has 11 aromatic rings. The van der Waals surface area contributed by atoms with E-state index in [1.54, 1.807) is 0 Å². The van der Waals surface area contributed by atoms with E-state index in [9.17, 15) is 0 Å². The normalized spacial score (nSPS) is 11.7. The average molecular weight is 688 g/mol. The molecule has 0 atom stereocenters. The maximum Gasteiger partial charge on any atom is 0.145 e. The van der Waals surface area contributed by atoms with Gasteiger partial charge in [0.15, 0.2) is 0 Å². The monoisotopic (exact) mass is 687 g/mol. The SMILES string of the molecule is c1ccc(-c2ccc3c4ccccc4n(-c4cc(-c5cc6ccccc6c6ccccc56)cc(-c5nc6ccccc6n5-c5ccccc5)c4)c3c2)cc1. The highest BCUT2D eigenvalue weighted by Crippen LogP contribution is 2.41. The quantitative estimate of drug-likeness (QED) is 0.165. The first kappa shape index (κ1) is 30.4. The summed E-state index contributed by atoms with van der Waals surface area (Å²) in [5.41, 5.74) is 12.3. The predicted octanol–water partition coefficient (Wildman–Crippen LogP) is 13.4. The molecule has 0 aliphatic rings. The lowest BCUT2D eigenvalue weighted by molar-refractivity contribution is 1.10. The van der Waals surface area contributed by atoms with Crippen molar-refractivity contribution in [3.05, 3.63) is 200 Å². The number of para-hydroxylation sites is 4. The summed E-state index contributed by atoms with van der Waals surface area (Å²) in [5.74, 6) is 0.904. The molecule has 11 rings (SSSR count). The molecular formula is C51H33N3. The van der Waals surface area contributed by atoms with Crippen LogP contribution in [0.2, 0.25) is 0 Å². The Hall–Kier alpha value is -7.23. The summed E-state index contributed by atoms with van der Waals surface area (Å²) < 4.78 is 4.75. The molecule has 0 N–H and O–H groups in total. The van der Waals surface area contributed by atoms with E-state index < -0.39 is 0 Å². The Bertz CT molecular complexity index is 3210. The van der Waals surface area contributed by atoms with Gasteiger partial charge in [-0.1, -0.05) is 140 Å². The van der Waals surface area contributed by atoms with E-state index in [1.807, 2.05) is 0 Å². The lowest BCUT2D eigenvalue weighted by Gasteiger charge is -2.17. The van der Waals surface area contributed by atoms with Crippen molar-refractivity contribution in [1.29, 1.82) is 0 Å². The number of hydrogen-bond donors (Lipinski definition) is 0.